The minimum absolute atomic E-state index is 0.0152. The van der Waals surface area contributed by atoms with Gasteiger partial charge in [0, 0.05) is 18.1 Å². The van der Waals surface area contributed by atoms with Crippen LogP contribution in [0.15, 0.2) is 9.24 Å². The number of carbonyl (C=O) groups excluding carboxylic acids is 3. The zero-order chi connectivity index (χ0) is 25.4. The van der Waals surface area contributed by atoms with Crippen molar-refractivity contribution in [3.8, 4) is 0 Å². The van der Waals surface area contributed by atoms with Crippen LogP contribution in [0, 0.1) is 0 Å². The van der Waals surface area contributed by atoms with Gasteiger partial charge in [-0.2, -0.15) is 0 Å². The minimum atomic E-state index is -0.659. The summed E-state index contributed by atoms with van der Waals surface area (Å²) < 4.78 is 24.7. The third kappa shape index (κ3) is 6.29. The molecule has 0 aromatic carbocycles. The molecule has 35 heavy (non-hydrogen) atoms. The van der Waals surface area contributed by atoms with Crippen molar-refractivity contribution in [3.05, 3.63) is 17.1 Å². The van der Waals surface area contributed by atoms with Crippen molar-refractivity contribution in [1.82, 2.24) is 34.2 Å². The zero-order valence-corrected chi connectivity index (χ0v) is 21.7. The number of hydrogen-bond acceptors (Lipinski definition) is 16. The first-order valence-electron chi connectivity index (χ1n) is 10.4. The van der Waals surface area contributed by atoms with Gasteiger partial charge in [0.1, 0.15) is 14.2 Å². The molecule has 0 aliphatic carbocycles. The molecule has 0 bridgehead atoms. The summed E-state index contributed by atoms with van der Waals surface area (Å²) in [7, 11) is 0. The monoisotopic (exact) mass is 542 g/mol. The van der Waals surface area contributed by atoms with E-state index in [0.717, 1.165) is 34.8 Å². The van der Waals surface area contributed by atoms with E-state index in [1.165, 1.54) is 4.68 Å². The van der Waals surface area contributed by atoms with Crippen molar-refractivity contribution >= 4 is 57.7 Å². The maximum absolute atomic E-state index is 12.5. The summed E-state index contributed by atoms with van der Waals surface area (Å²) in [5.74, 6) is -1.87. The van der Waals surface area contributed by atoms with Gasteiger partial charge >= 0.3 is 17.9 Å². The molecule has 1 atom stereocenters. The molecule has 0 unspecified atom stereocenters. The summed E-state index contributed by atoms with van der Waals surface area (Å²) >= 11 is 3.05. The van der Waals surface area contributed by atoms with Crippen molar-refractivity contribution in [3.63, 3.8) is 0 Å². The predicted octanol–water partition coefficient (Wildman–Crippen LogP) is 2.34. The fourth-order valence-corrected chi connectivity index (χ4v) is 5.01. The fraction of sp³-hybridized carbons (Fsp3) is 0.500. The van der Waals surface area contributed by atoms with Crippen LogP contribution in [0.25, 0.3) is 0 Å². The Kier molecular flexibility index (Phi) is 9.44. The largest absolute Gasteiger partial charge is 0.461 e. The fourth-order valence-electron chi connectivity index (χ4n) is 2.62. The Hall–Kier alpha value is -3.18. The molecular weight excluding hydrogens is 520 g/mol. The van der Waals surface area contributed by atoms with Gasteiger partial charge in [-0.3, -0.25) is 0 Å². The first-order valence-corrected chi connectivity index (χ1v) is 12.8. The lowest BCUT2D eigenvalue weighted by atomic mass is 10.3. The van der Waals surface area contributed by atoms with E-state index in [4.69, 9.17) is 14.2 Å². The van der Waals surface area contributed by atoms with E-state index in [9.17, 15) is 14.4 Å². The quantitative estimate of drug-likeness (QED) is 0.261. The summed E-state index contributed by atoms with van der Waals surface area (Å²) in [5, 5.41) is 19.7. The molecule has 0 radical (unpaired) electrons. The standard InChI is InChI=1S/C18H22N8O6S3/c1-5-30-15(27)10-13(34-24-21-10)19-8-9(4)26-14(11(20-23-26)16(28)31-6-2)33-18-12(22-25-35-18)17(29)32-7-3/h9,19H,5-8H2,1-4H3/t9-/m0/s1. The highest BCUT2D eigenvalue weighted by Gasteiger charge is 2.28. The van der Waals surface area contributed by atoms with Crippen molar-refractivity contribution in [2.45, 2.75) is 43.0 Å². The number of esters is 3. The Morgan fingerprint density at radius 3 is 2.11 bits per heavy atom. The number of rotatable bonds is 12. The molecule has 3 aromatic rings. The summed E-state index contributed by atoms with van der Waals surface area (Å²) in [5.41, 5.74) is 0.0999. The van der Waals surface area contributed by atoms with Crippen LogP contribution in [-0.2, 0) is 14.2 Å². The molecule has 0 amide bonds. The van der Waals surface area contributed by atoms with Crippen LogP contribution >= 0.6 is 34.8 Å². The van der Waals surface area contributed by atoms with Gasteiger partial charge in [0.25, 0.3) is 0 Å². The molecule has 3 aromatic heterocycles. The van der Waals surface area contributed by atoms with Gasteiger partial charge in [0.05, 0.1) is 25.9 Å². The van der Waals surface area contributed by atoms with Crippen molar-refractivity contribution in [2.24, 2.45) is 0 Å². The Morgan fingerprint density at radius 1 is 0.886 bits per heavy atom. The van der Waals surface area contributed by atoms with Gasteiger partial charge in [0.2, 0.25) is 11.4 Å². The molecule has 1 N–H and O–H groups in total. The molecule has 188 valence electrons. The van der Waals surface area contributed by atoms with E-state index in [0.29, 0.717) is 14.2 Å². The predicted molar refractivity (Wildman–Crippen MR) is 125 cm³/mol. The molecule has 0 fully saturated rings. The van der Waals surface area contributed by atoms with Crippen LogP contribution in [0.2, 0.25) is 0 Å². The third-order valence-corrected chi connectivity index (χ3v) is 6.80. The highest BCUT2D eigenvalue weighted by molar-refractivity contribution is 8.01. The first-order chi connectivity index (χ1) is 16.9. The molecule has 0 aliphatic rings. The van der Waals surface area contributed by atoms with Gasteiger partial charge < -0.3 is 19.5 Å². The van der Waals surface area contributed by atoms with Crippen LogP contribution in [0.1, 0.15) is 65.2 Å². The number of carbonyl (C=O) groups is 3. The highest BCUT2D eigenvalue weighted by Crippen LogP contribution is 2.36. The minimum Gasteiger partial charge on any atom is -0.461 e. The number of ether oxygens (including phenoxy) is 3. The SMILES string of the molecule is CCOC(=O)c1nnsc1NC[C@H](C)n1nnc(C(=O)OCC)c1Sc1snnc1C(=O)OCC. The summed E-state index contributed by atoms with van der Waals surface area (Å²) in [4.78, 5) is 36.8. The maximum atomic E-state index is 12.5. The molecule has 0 aliphatic heterocycles. The van der Waals surface area contributed by atoms with Crippen LogP contribution in [-0.4, -0.2) is 78.4 Å². The van der Waals surface area contributed by atoms with E-state index in [2.05, 4.69) is 34.8 Å². The lowest BCUT2D eigenvalue weighted by Crippen LogP contribution is -2.19. The topological polar surface area (TPSA) is 173 Å². The van der Waals surface area contributed by atoms with E-state index >= 15 is 0 Å². The lowest BCUT2D eigenvalue weighted by Gasteiger charge is -2.15. The van der Waals surface area contributed by atoms with Gasteiger partial charge in [-0.05, 0) is 39.2 Å². The maximum Gasteiger partial charge on any atom is 0.362 e. The Balaban J connectivity index is 1.86. The van der Waals surface area contributed by atoms with Gasteiger partial charge in [0.15, 0.2) is 5.69 Å². The van der Waals surface area contributed by atoms with Gasteiger partial charge in [-0.25, -0.2) is 19.1 Å². The normalized spacial score (nSPS) is 11.7. The summed E-state index contributed by atoms with van der Waals surface area (Å²) in [6.07, 6.45) is 0. The number of hydrogen-bond donors (Lipinski definition) is 1. The highest BCUT2D eigenvalue weighted by atomic mass is 32.2. The third-order valence-electron chi connectivity index (χ3n) is 4.17. The molecule has 14 nitrogen and oxygen atoms in total. The second-order valence-electron chi connectivity index (χ2n) is 6.54. The lowest BCUT2D eigenvalue weighted by molar-refractivity contribution is 0.0506. The average Bonchev–Trinajstić information content (AvgIpc) is 3.58. The molecule has 17 heteroatoms. The number of nitrogens with zero attached hydrogens (tertiary/aromatic N) is 7. The van der Waals surface area contributed by atoms with E-state index < -0.39 is 17.9 Å². The van der Waals surface area contributed by atoms with Crippen molar-refractivity contribution in [2.75, 3.05) is 31.7 Å². The Bertz CT molecular complexity index is 1180. The Morgan fingerprint density at radius 2 is 1.46 bits per heavy atom. The molecular formula is C18H22N8O6S3. The summed E-state index contributed by atoms with van der Waals surface area (Å²) in [6, 6.07) is -0.364. The van der Waals surface area contributed by atoms with Crippen LogP contribution < -0.4 is 5.32 Å². The first kappa shape index (κ1) is 26.4. The van der Waals surface area contributed by atoms with Crippen molar-refractivity contribution < 1.29 is 28.6 Å². The molecule has 0 spiro atoms. The molecule has 0 saturated carbocycles. The summed E-state index contributed by atoms with van der Waals surface area (Å²) in [6.45, 7) is 7.71. The van der Waals surface area contributed by atoms with E-state index in [1.807, 2.05) is 6.92 Å². The van der Waals surface area contributed by atoms with E-state index in [-0.39, 0.29) is 49.5 Å². The second-order valence-corrected chi connectivity index (χ2v) is 9.31. The van der Waals surface area contributed by atoms with Crippen LogP contribution in [0.4, 0.5) is 5.00 Å². The number of anilines is 1. The van der Waals surface area contributed by atoms with Crippen LogP contribution in [0.5, 0.6) is 0 Å². The zero-order valence-electron chi connectivity index (χ0n) is 19.2. The molecule has 3 rings (SSSR count). The average molecular weight is 543 g/mol. The number of nitrogens with one attached hydrogen (secondary N) is 1. The number of aromatic nitrogens is 7. The molecule has 3 heterocycles. The Labute approximate surface area is 212 Å². The van der Waals surface area contributed by atoms with Crippen LogP contribution in [0.3, 0.4) is 0 Å². The smallest absolute Gasteiger partial charge is 0.362 e. The van der Waals surface area contributed by atoms with Gasteiger partial charge in [-0.1, -0.05) is 26.0 Å². The van der Waals surface area contributed by atoms with Crippen molar-refractivity contribution in [1.29, 1.82) is 0 Å². The van der Waals surface area contributed by atoms with Gasteiger partial charge in [-0.15, -0.1) is 15.3 Å². The molecule has 0 saturated heterocycles. The van der Waals surface area contributed by atoms with E-state index in [1.54, 1.807) is 20.8 Å². The second kappa shape index (κ2) is 12.5.